The zero-order valence-electron chi connectivity index (χ0n) is 9.72. The van der Waals surface area contributed by atoms with Crippen LogP contribution in [0.25, 0.3) is 0 Å². The Hall–Kier alpha value is -1.36. The lowest BCUT2D eigenvalue weighted by Gasteiger charge is -2.28. The summed E-state index contributed by atoms with van der Waals surface area (Å²) in [5.74, 6) is 1.09. The minimum Gasteiger partial charge on any atom is -0.480 e. The second kappa shape index (κ2) is 5.12. The number of likely N-dealkylation sites (tertiary alicyclic amines) is 1. The molecular formula is C11H17N3O2. The van der Waals surface area contributed by atoms with Gasteiger partial charge in [-0.15, -0.1) is 0 Å². The Morgan fingerprint density at radius 1 is 1.19 bits per heavy atom. The summed E-state index contributed by atoms with van der Waals surface area (Å²) >= 11 is 0. The van der Waals surface area contributed by atoms with Gasteiger partial charge in [-0.25, -0.2) is 9.97 Å². The Kier molecular flexibility index (Phi) is 3.56. The highest BCUT2D eigenvalue weighted by atomic mass is 16.5. The Balaban J connectivity index is 1.88. The fraction of sp³-hybridized carbons (Fsp3) is 0.636. The van der Waals surface area contributed by atoms with Crippen LogP contribution in [-0.2, 0) is 0 Å². The van der Waals surface area contributed by atoms with E-state index in [-0.39, 0.29) is 6.10 Å². The number of nitrogens with zero attached hydrogens (tertiary/aromatic N) is 3. The van der Waals surface area contributed by atoms with Gasteiger partial charge in [0.15, 0.2) is 0 Å². The van der Waals surface area contributed by atoms with Crippen molar-refractivity contribution in [3.05, 3.63) is 12.4 Å². The largest absolute Gasteiger partial charge is 0.480 e. The predicted molar refractivity (Wildman–Crippen MR) is 59.7 cm³/mol. The quantitative estimate of drug-likeness (QED) is 0.763. The SMILES string of the molecule is COc1cnc(OC2CCN(C)CC2)cn1. The molecule has 1 aromatic heterocycles. The number of piperidine rings is 1. The van der Waals surface area contributed by atoms with Crippen LogP contribution in [0.1, 0.15) is 12.8 Å². The first-order valence-electron chi connectivity index (χ1n) is 5.49. The molecule has 88 valence electrons. The van der Waals surface area contributed by atoms with E-state index in [4.69, 9.17) is 9.47 Å². The lowest BCUT2D eigenvalue weighted by molar-refractivity contribution is 0.109. The first-order chi connectivity index (χ1) is 7.78. The molecule has 0 atom stereocenters. The molecule has 0 aromatic carbocycles. The molecule has 0 aliphatic carbocycles. The first-order valence-corrected chi connectivity index (χ1v) is 5.49. The van der Waals surface area contributed by atoms with Gasteiger partial charge >= 0.3 is 0 Å². The van der Waals surface area contributed by atoms with E-state index in [1.54, 1.807) is 19.5 Å². The first kappa shape index (κ1) is 11.1. The number of ether oxygens (including phenoxy) is 2. The van der Waals surface area contributed by atoms with E-state index in [1.807, 2.05) is 0 Å². The van der Waals surface area contributed by atoms with Crippen molar-refractivity contribution < 1.29 is 9.47 Å². The summed E-state index contributed by atoms with van der Waals surface area (Å²) < 4.78 is 10.7. The average Bonchev–Trinajstić information content (AvgIpc) is 2.33. The standard InChI is InChI=1S/C11H17N3O2/c1-14-5-3-9(4-6-14)16-11-8-12-10(15-2)7-13-11/h7-9H,3-6H2,1-2H3. The second-order valence-corrected chi connectivity index (χ2v) is 4.02. The van der Waals surface area contributed by atoms with E-state index in [0.29, 0.717) is 11.8 Å². The fourth-order valence-corrected chi connectivity index (χ4v) is 1.74. The summed E-state index contributed by atoms with van der Waals surface area (Å²) in [5.41, 5.74) is 0. The van der Waals surface area contributed by atoms with E-state index in [1.165, 1.54) is 0 Å². The molecule has 1 saturated heterocycles. The molecule has 0 bridgehead atoms. The fourth-order valence-electron chi connectivity index (χ4n) is 1.74. The summed E-state index contributed by atoms with van der Waals surface area (Å²) in [5, 5.41) is 0. The zero-order valence-corrected chi connectivity index (χ0v) is 9.72. The van der Waals surface area contributed by atoms with Crippen molar-refractivity contribution in [2.75, 3.05) is 27.2 Å². The Labute approximate surface area is 95.4 Å². The molecular weight excluding hydrogens is 206 g/mol. The topological polar surface area (TPSA) is 47.5 Å². The number of hydrogen-bond acceptors (Lipinski definition) is 5. The normalized spacial score (nSPS) is 18.4. The van der Waals surface area contributed by atoms with Gasteiger partial charge in [0.05, 0.1) is 19.5 Å². The number of methoxy groups -OCH3 is 1. The van der Waals surface area contributed by atoms with Gasteiger partial charge in [-0.3, -0.25) is 0 Å². The molecule has 0 radical (unpaired) electrons. The number of aromatic nitrogens is 2. The number of hydrogen-bond donors (Lipinski definition) is 0. The van der Waals surface area contributed by atoms with Crippen LogP contribution < -0.4 is 9.47 Å². The minimum absolute atomic E-state index is 0.263. The molecule has 1 aliphatic heterocycles. The van der Waals surface area contributed by atoms with Crippen molar-refractivity contribution >= 4 is 0 Å². The molecule has 1 aromatic rings. The van der Waals surface area contributed by atoms with Crippen LogP contribution in [0.4, 0.5) is 0 Å². The van der Waals surface area contributed by atoms with Gasteiger partial charge in [-0.2, -0.15) is 0 Å². The van der Waals surface area contributed by atoms with Crippen LogP contribution in [-0.4, -0.2) is 48.2 Å². The third-order valence-corrected chi connectivity index (χ3v) is 2.77. The maximum atomic E-state index is 5.75. The van der Waals surface area contributed by atoms with Gasteiger partial charge in [0.25, 0.3) is 0 Å². The van der Waals surface area contributed by atoms with Gasteiger partial charge in [-0.05, 0) is 19.9 Å². The van der Waals surface area contributed by atoms with Gasteiger partial charge in [0.2, 0.25) is 11.8 Å². The molecule has 5 nitrogen and oxygen atoms in total. The van der Waals surface area contributed by atoms with Crippen molar-refractivity contribution in [3.63, 3.8) is 0 Å². The summed E-state index contributed by atoms with van der Waals surface area (Å²) in [6, 6.07) is 0. The summed E-state index contributed by atoms with van der Waals surface area (Å²) in [6.07, 6.45) is 5.54. The van der Waals surface area contributed by atoms with Crippen LogP contribution in [0, 0.1) is 0 Å². The molecule has 5 heteroatoms. The van der Waals surface area contributed by atoms with Crippen molar-refractivity contribution in [1.29, 1.82) is 0 Å². The minimum atomic E-state index is 0.263. The summed E-state index contributed by atoms with van der Waals surface area (Å²) in [7, 11) is 3.70. The van der Waals surface area contributed by atoms with Crippen LogP contribution in [0.2, 0.25) is 0 Å². The zero-order chi connectivity index (χ0) is 11.4. The van der Waals surface area contributed by atoms with Crippen LogP contribution >= 0.6 is 0 Å². The number of rotatable bonds is 3. The highest BCUT2D eigenvalue weighted by Gasteiger charge is 2.18. The Morgan fingerprint density at radius 3 is 2.38 bits per heavy atom. The summed E-state index contributed by atoms with van der Waals surface area (Å²) in [4.78, 5) is 10.5. The average molecular weight is 223 g/mol. The third-order valence-electron chi connectivity index (χ3n) is 2.77. The molecule has 0 amide bonds. The van der Waals surface area contributed by atoms with Gasteiger partial charge in [0, 0.05) is 13.1 Å². The van der Waals surface area contributed by atoms with Crippen LogP contribution in [0.3, 0.4) is 0 Å². The van der Waals surface area contributed by atoms with Crippen molar-refractivity contribution in [1.82, 2.24) is 14.9 Å². The van der Waals surface area contributed by atoms with E-state index in [2.05, 4.69) is 21.9 Å². The summed E-state index contributed by atoms with van der Waals surface area (Å²) in [6.45, 7) is 2.16. The highest BCUT2D eigenvalue weighted by molar-refractivity contribution is 5.11. The molecule has 2 rings (SSSR count). The predicted octanol–water partition coefficient (Wildman–Crippen LogP) is 0.958. The highest BCUT2D eigenvalue weighted by Crippen LogP contribution is 2.16. The van der Waals surface area contributed by atoms with Crippen molar-refractivity contribution in [3.8, 4) is 11.8 Å². The van der Waals surface area contributed by atoms with Crippen molar-refractivity contribution in [2.45, 2.75) is 18.9 Å². The smallest absolute Gasteiger partial charge is 0.232 e. The molecule has 2 heterocycles. The lowest BCUT2D eigenvalue weighted by atomic mass is 10.1. The van der Waals surface area contributed by atoms with Gasteiger partial charge in [0.1, 0.15) is 6.10 Å². The maximum Gasteiger partial charge on any atom is 0.232 e. The Bertz CT molecular complexity index is 321. The van der Waals surface area contributed by atoms with E-state index < -0.39 is 0 Å². The van der Waals surface area contributed by atoms with Crippen molar-refractivity contribution in [2.24, 2.45) is 0 Å². The van der Waals surface area contributed by atoms with Crippen LogP contribution in [0.5, 0.6) is 11.8 Å². The van der Waals surface area contributed by atoms with E-state index in [9.17, 15) is 0 Å². The molecule has 1 fully saturated rings. The van der Waals surface area contributed by atoms with E-state index >= 15 is 0 Å². The molecule has 0 spiro atoms. The van der Waals surface area contributed by atoms with Gasteiger partial charge in [-0.1, -0.05) is 0 Å². The van der Waals surface area contributed by atoms with Gasteiger partial charge < -0.3 is 14.4 Å². The molecule has 0 saturated carbocycles. The van der Waals surface area contributed by atoms with Crippen LogP contribution in [0.15, 0.2) is 12.4 Å². The third kappa shape index (κ3) is 2.82. The molecule has 0 unspecified atom stereocenters. The molecule has 16 heavy (non-hydrogen) atoms. The van der Waals surface area contributed by atoms with E-state index in [0.717, 1.165) is 25.9 Å². The maximum absolute atomic E-state index is 5.75. The lowest BCUT2D eigenvalue weighted by Crippen LogP contribution is -2.35. The molecule has 0 N–H and O–H groups in total. The Morgan fingerprint density at radius 2 is 1.81 bits per heavy atom. The second-order valence-electron chi connectivity index (χ2n) is 4.02. The molecule has 1 aliphatic rings. The monoisotopic (exact) mass is 223 g/mol.